The monoisotopic (exact) mass is 616 g/mol. The molecule has 16 heteroatoms. The number of rotatable bonds is 5. The number of anilines is 1. The highest BCUT2D eigenvalue weighted by Gasteiger charge is 2.40. The van der Waals surface area contributed by atoms with Crippen molar-refractivity contribution in [2.24, 2.45) is 0 Å². The van der Waals surface area contributed by atoms with Crippen LogP contribution in [0.15, 0.2) is 46.9 Å². The Morgan fingerprint density at radius 1 is 0.816 bits per heavy atom. The van der Waals surface area contributed by atoms with Crippen molar-refractivity contribution >= 4 is 33.4 Å². The first-order chi connectivity index (χ1) is 17.5. The largest absolute Gasteiger partial charge is 0.453 e. The minimum atomic E-state index is -5.38. The summed E-state index contributed by atoms with van der Waals surface area (Å²) in [5.74, 6) is -11.1. The van der Waals surface area contributed by atoms with Crippen LogP contribution >= 0.6 is 15.9 Å². The number of amides is 2. The molecule has 2 amide bonds. The first kappa shape index (κ1) is 28.8. The molecule has 0 saturated heterocycles. The number of hydroxylamine groups is 1. The molecule has 0 aliphatic rings. The number of carbonyl (C=O) groups is 2. The molecule has 0 aliphatic heterocycles. The van der Waals surface area contributed by atoms with Crippen molar-refractivity contribution in [3.63, 3.8) is 0 Å². The molecule has 0 aliphatic carbocycles. The standard InChI is InChI=1S/C22H10BrF9N2O4/c23-8-5-12(22(30,31)32)18(14(25)6-8)38-15-4-2-11(21(27,28)29)17(26)16(15)20(36)33-9-1-3-13(24)10(7-9)19(35)34-37/h1-7,37H,(H,33,36)(H,34,35). The van der Waals surface area contributed by atoms with E-state index in [2.05, 4.69) is 15.9 Å². The highest BCUT2D eigenvalue weighted by molar-refractivity contribution is 9.10. The van der Waals surface area contributed by atoms with E-state index < -0.39 is 81.1 Å². The van der Waals surface area contributed by atoms with Gasteiger partial charge in [0, 0.05) is 10.2 Å². The van der Waals surface area contributed by atoms with Gasteiger partial charge in [-0.25, -0.2) is 18.7 Å². The number of benzene rings is 3. The summed E-state index contributed by atoms with van der Waals surface area (Å²) in [6.45, 7) is 0. The Balaban J connectivity index is 2.16. The quantitative estimate of drug-likeness (QED) is 0.163. The van der Waals surface area contributed by atoms with Crippen molar-refractivity contribution in [1.82, 2.24) is 5.48 Å². The molecule has 0 saturated carbocycles. The van der Waals surface area contributed by atoms with Gasteiger partial charge in [0.1, 0.15) is 22.7 Å². The zero-order valence-electron chi connectivity index (χ0n) is 18.0. The Kier molecular flexibility index (Phi) is 7.97. The van der Waals surface area contributed by atoms with Crippen LogP contribution in [0.1, 0.15) is 31.8 Å². The van der Waals surface area contributed by atoms with Crippen LogP contribution in [0.4, 0.5) is 45.2 Å². The first-order valence-electron chi connectivity index (χ1n) is 9.73. The smallest absolute Gasteiger partial charge is 0.420 e. The minimum Gasteiger partial charge on any atom is -0.453 e. The third-order valence-corrected chi connectivity index (χ3v) is 5.19. The van der Waals surface area contributed by atoms with Crippen molar-refractivity contribution in [3.8, 4) is 11.5 Å². The summed E-state index contributed by atoms with van der Waals surface area (Å²) in [6.07, 6.45) is -10.6. The average molecular weight is 617 g/mol. The van der Waals surface area contributed by atoms with E-state index in [1.807, 2.05) is 5.32 Å². The molecule has 38 heavy (non-hydrogen) atoms. The molecule has 0 unspecified atom stereocenters. The maximum atomic E-state index is 15.0. The summed E-state index contributed by atoms with van der Waals surface area (Å²) in [5, 5.41) is 10.5. The van der Waals surface area contributed by atoms with Gasteiger partial charge in [0.2, 0.25) is 0 Å². The molecule has 3 N–H and O–H groups in total. The highest BCUT2D eigenvalue weighted by Crippen LogP contribution is 2.43. The van der Waals surface area contributed by atoms with Gasteiger partial charge < -0.3 is 10.1 Å². The predicted octanol–water partition coefficient (Wildman–Crippen LogP) is 7.07. The van der Waals surface area contributed by atoms with Crippen molar-refractivity contribution in [3.05, 3.63) is 86.6 Å². The fourth-order valence-electron chi connectivity index (χ4n) is 3.09. The van der Waals surface area contributed by atoms with E-state index in [-0.39, 0.29) is 10.5 Å². The van der Waals surface area contributed by atoms with Crippen LogP contribution in [0, 0.1) is 17.5 Å². The normalized spacial score (nSPS) is 11.8. The van der Waals surface area contributed by atoms with E-state index >= 15 is 0 Å². The Morgan fingerprint density at radius 3 is 2.03 bits per heavy atom. The van der Waals surface area contributed by atoms with E-state index in [0.29, 0.717) is 30.3 Å². The van der Waals surface area contributed by atoms with E-state index in [9.17, 15) is 49.1 Å². The molecule has 3 aromatic carbocycles. The van der Waals surface area contributed by atoms with Crippen LogP contribution in [0.25, 0.3) is 0 Å². The van der Waals surface area contributed by atoms with Gasteiger partial charge in [0.15, 0.2) is 17.4 Å². The number of hydrogen-bond acceptors (Lipinski definition) is 4. The SMILES string of the molecule is O=C(NO)c1cc(NC(=O)c2c(Oc3c(F)cc(Br)cc3C(F)(F)F)ccc(C(F)(F)F)c2F)ccc1F. The van der Waals surface area contributed by atoms with Gasteiger partial charge in [-0.1, -0.05) is 15.9 Å². The van der Waals surface area contributed by atoms with E-state index in [1.165, 1.54) is 0 Å². The van der Waals surface area contributed by atoms with Crippen LogP contribution in [-0.2, 0) is 12.4 Å². The molecule has 0 radical (unpaired) electrons. The lowest BCUT2D eigenvalue weighted by Crippen LogP contribution is -2.21. The van der Waals surface area contributed by atoms with Crippen LogP contribution in [-0.4, -0.2) is 17.0 Å². The Morgan fingerprint density at radius 2 is 1.45 bits per heavy atom. The molecule has 3 rings (SSSR count). The molecule has 0 spiro atoms. The molecule has 3 aromatic rings. The fourth-order valence-corrected chi connectivity index (χ4v) is 3.52. The number of nitrogens with one attached hydrogen (secondary N) is 2. The molecule has 0 atom stereocenters. The lowest BCUT2D eigenvalue weighted by atomic mass is 10.1. The Bertz CT molecular complexity index is 1430. The summed E-state index contributed by atoms with van der Waals surface area (Å²) in [4.78, 5) is 24.3. The van der Waals surface area contributed by atoms with Gasteiger partial charge in [0.05, 0.1) is 11.1 Å². The molecule has 0 fully saturated rings. The molecule has 202 valence electrons. The van der Waals surface area contributed by atoms with E-state index in [1.54, 1.807) is 0 Å². The summed E-state index contributed by atoms with van der Waals surface area (Å²) in [5.41, 5.74) is -5.60. The molecule has 0 bridgehead atoms. The molecular formula is C22H10BrF9N2O4. The summed E-state index contributed by atoms with van der Waals surface area (Å²) in [7, 11) is 0. The van der Waals surface area contributed by atoms with E-state index in [0.717, 1.165) is 11.5 Å². The van der Waals surface area contributed by atoms with Crippen LogP contribution in [0.3, 0.4) is 0 Å². The summed E-state index contributed by atoms with van der Waals surface area (Å²) >= 11 is 2.65. The molecular weight excluding hydrogens is 607 g/mol. The van der Waals surface area contributed by atoms with Gasteiger partial charge in [-0.05, 0) is 42.5 Å². The predicted molar refractivity (Wildman–Crippen MR) is 114 cm³/mol. The number of halogens is 10. The van der Waals surface area contributed by atoms with Crippen molar-refractivity contribution in [2.75, 3.05) is 5.32 Å². The van der Waals surface area contributed by atoms with Crippen LogP contribution in [0.2, 0.25) is 0 Å². The Labute approximate surface area is 214 Å². The van der Waals surface area contributed by atoms with Gasteiger partial charge in [-0.3, -0.25) is 14.8 Å². The minimum absolute atomic E-state index is 0.0626. The maximum absolute atomic E-state index is 15.0. The van der Waals surface area contributed by atoms with Crippen molar-refractivity contribution in [1.29, 1.82) is 0 Å². The topological polar surface area (TPSA) is 87.7 Å². The zero-order chi connectivity index (χ0) is 28.6. The van der Waals surface area contributed by atoms with Gasteiger partial charge in [0.25, 0.3) is 11.8 Å². The summed E-state index contributed by atoms with van der Waals surface area (Å²) in [6, 6.07) is 3.28. The van der Waals surface area contributed by atoms with Gasteiger partial charge in [-0.15, -0.1) is 0 Å². The number of carbonyl (C=O) groups excluding carboxylic acids is 2. The van der Waals surface area contributed by atoms with Gasteiger partial charge >= 0.3 is 12.4 Å². The Hall–Kier alpha value is -3.79. The number of alkyl halides is 6. The average Bonchev–Trinajstić information content (AvgIpc) is 2.79. The number of hydrogen-bond donors (Lipinski definition) is 3. The second-order valence-corrected chi connectivity index (χ2v) is 8.17. The van der Waals surface area contributed by atoms with Crippen molar-refractivity contribution < 1.29 is 59.0 Å². The lowest BCUT2D eigenvalue weighted by Gasteiger charge is -2.19. The second-order valence-electron chi connectivity index (χ2n) is 7.25. The van der Waals surface area contributed by atoms with Crippen LogP contribution in [0.5, 0.6) is 11.5 Å². The fraction of sp³-hybridized carbons (Fsp3) is 0.0909. The molecule has 0 heterocycles. The van der Waals surface area contributed by atoms with Crippen LogP contribution < -0.4 is 15.5 Å². The van der Waals surface area contributed by atoms with Crippen molar-refractivity contribution in [2.45, 2.75) is 12.4 Å². The number of ether oxygens (including phenoxy) is 1. The summed E-state index contributed by atoms with van der Waals surface area (Å²) < 4.78 is 128. The lowest BCUT2D eigenvalue weighted by molar-refractivity contribution is -0.140. The van der Waals surface area contributed by atoms with E-state index in [4.69, 9.17) is 9.94 Å². The highest BCUT2D eigenvalue weighted by atomic mass is 79.9. The van der Waals surface area contributed by atoms with Gasteiger partial charge in [-0.2, -0.15) is 26.3 Å². The molecule has 0 aromatic heterocycles. The third kappa shape index (κ3) is 6.02. The first-order valence-corrected chi connectivity index (χ1v) is 10.5. The molecule has 6 nitrogen and oxygen atoms in total. The zero-order valence-corrected chi connectivity index (χ0v) is 19.6. The third-order valence-electron chi connectivity index (χ3n) is 4.73. The maximum Gasteiger partial charge on any atom is 0.420 e. The second kappa shape index (κ2) is 10.5.